The number of hydrogen-bond donors (Lipinski definition) is 0. The minimum Gasteiger partial charge on any atom is -0.493 e. The van der Waals surface area contributed by atoms with Crippen molar-refractivity contribution in [2.75, 3.05) is 24.7 Å². The van der Waals surface area contributed by atoms with Crippen molar-refractivity contribution in [1.82, 2.24) is 0 Å². The highest BCUT2D eigenvalue weighted by Crippen LogP contribution is 2.35. The van der Waals surface area contributed by atoms with Crippen molar-refractivity contribution in [2.24, 2.45) is 0 Å². The number of carbonyl (C=O) groups is 2. The zero-order chi connectivity index (χ0) is 20.1. The smallest absolute Gasteiger partial charge is 0.326 e. The van der Waals surface area contributed by atoms with Gasteiger partial charge in [0.2, 0.25) is 0 Å². The number of non-ortho nitro benzene ring substituents is 1. The molecule has 1 aliphatic rings. The number of amides is 1. The Labute approximate surface area is 160 Å². The Bertz CT molecular complexity index is 913. The molecule has 0 atom stereocenters. The molecule has 1 amide bonds. The molecule has 0 aliphatic carbocycles. The molecule has 0 bridgehead atoms. The zero-order valence-corrected chi connectivity index (χ0v) is 15.1. The highest BCUT2D eigenvalue weighted by Gasteiger charge is 2.29. The summed E-state index contributed by atoms with van der Waals surface area (Å²) in [4.78, 5) is 36.0. The van der Waals surface area contributed by atoms with E-state index in [-0.39, 0.29) is 31.1 Å². The molecule has 0 fully saturated rings. The van der Waals surface area contributed by atoms with E-state index in [1.807, 2.05) is 13.0 Å². The zero-order valence-electron chi connectivity index (χ0n) is 15.1. The molecule has 0 aromatic heterocycles. The van der Waals surface area contributed by atoms with Crippen molar-refractivity contribution in [1.29, 1.82) is 0 Å². The first-order chi connectivity index (χ1) is 13.5. The number of nitrogens with zero attached hydrogens (tertiary/aromatic N) is 2. The lowest BCUT2D eigenvalue weighted by Crippen LogP contribution is -2.42. The number of carbonyl (C=O) groups excluding carboxylic acids is 2. The summed E-state index contributed by atoms with van der Waals surface area (Å²) in [6.07, 6.45) is 0. The summed E-state index contributed by atoms with van der Waals surface area (Å²) in [5.74, 6) is -0.236. The van der Waals surface area contributed by atoms with Gasteiger partial charge in [0.1, 0.15) is 24.7 Å². The first-order valence-electron chi connectivity index (χ1n) is 8.57. The Balaban J connectivity index is 1.71. The number of nitro benzene ring substituents is 1. The maximum atomic E-state index is 12.3. The van der Waals surface area contributed by atoms with Gasteiger partial charge in [-0.25, -0.2) is 0 Å². The van der Waals surface area contributed by atoms with Crippen molar-refractivity contribution in [3.05, 3.63) is 58.1 Å². The van der Waals surface area contributed by atoms with Gasteiger partial charge in [-0.1, -0.05) is 18.2 Å². The topological polar surface area (TPSA) is 108 Å². The number of esters is 1. The van der Waals surface area contributed by atoms with Gasteiger partial charge in [-0.3, -0.25) is 24.6 Å². The number of ether oxygens (including phenoxy) is 3. The van der Waals surface area contributed by atoms with E-state index in [9.17, 15) is 19.7 Å². The average Bonchev–Trinajstić information content (AvgIpc) is 2.69. The Morgan fingerprint density at radius 3 is 2.82 bits per heavy atom. The maximum Gasteiger partial charge on any atom is 0.326 e. The van der Waals surface area contributed by atoms with Crippen LogP contribution in [0.15, 0.2) is 42.5 Å². The van der Waals surface area contributed by atoms with Gasteiger partial charge in [-0.15, -0.1) is 0 Å². The van der Waals surface area contributed by atoms with E-state index in [1.165, 1.54) is 18.2 Å². The van der Waals surface area contributed by atoms with Gasteiger partial charge in [-0.2, -0.15) is 0 Å². The van der Waals surface area contributed by atoms with E-state index in [0.29, 0.717) is 23.7 Å². The van der Waals surface area contributed by atoms with E-state index in [4.69, 9.17) is 14.2 Å². The van der Waals surface area contributed by atoms with Crippen LogP contribution in [0.5, 0.6) is 11.5 Å². The summed E-state index contributed by atoms with van der Waals surface area (Å²) in [6, 6.07) is 11.0. The maximum absolute atomic E-state index is 12.3. The number of benzene rings is 2. The van der Waals surface area contributed by atoms with Gasteiger partial charge in [0.15, 0.2) is 6.61 Å². The van der Waals surface area contributed by atoms with E-state index in [1.54, 1.807) is 18.2 Å². The molecule has 2 aromatic carbocycles. The lowest BCUT2D eigenvalue weighted by molar-refractivity contribution is -0.384. The molecule has 0 N–H and O–H groups in total. The second-order valence-electron chi connectivity index (χ2n) is 5.88. The van der Waals surface area contributed by atoms with E-state index < -0.39 is 16.8 Å². The Morgan fingerprint density at radius 1 is 1.29 bits per heavy atom. The predicted octanol–water partition coefficient (Wildman–Crippen LogP) is 2.46. The van der Waals surface area contributed by atoms with Crippen molar-refractivity contribution in [2.45, 2.75) is 13.5 Å². The van der Waals surface area contributed by atoms with Gasteiger partial charge in [0.05, 0.1) is 17.2 Å². The summed E-state index contributed by atoms with van der Waals surface area (Å²) in [7, 11) is 0. The van der Waals surface area contributed by atoms with Crippen LogP contribution in [0.3, 0.4) is 0 Å². The minimum absolute atomic E-state index is 0.0185. The first kappa shape index (κ1) is 19.2. The highest BCUT2D eigenvalue weighted by molar-refractivity contribution is 6.01. The highest BCUT2D eigenvalue weighted by atomic mass is 16.6. The van der Waals surface area contributed by atoms with Crippen molar-refractivity contribution in [3.63, 3.8) is 0 Å². The Hall–Kier alpha value is -3.62. The molecule has 0 saturated heterocycles. The van der Waals surface area contributed by atoms with Crippen LogP contribution in [0.25, 0.3) is 0 Å². The third-order valence-electron chi connectivity index (χ3n) is 4.04. The molecule has 28 heavy (non-hydrogen) atoms. The molecule has 2 aromatic rings. The van der Waals surface area contributed by atoms with E-state index in [2.05, 4.69) is 0 Å². The third-order valence-corrected chi connectivity index (χ3v) is 4.04. The Kier molecular flexibility index (Phi) is 5.73. The molecular formula is C19H18N2O7. The fraction of sp³-hybridized carbons (Fsp3) is 0.263. The number of rotatable bonds is 7. The lowest BCUT2D eigenvalue weighted by atomic mass is 10.2. The van der Waals surface area contributed by atoms with Crippen LogP contribution in [0.4, 0.5) is 11.4 Å². The molecule has 0 saturated carbocycles. The molecule has 3 rings (SSSR count). The summed E-state index contributed by atoms with van der Waals surface area (Å²) in [5, 5.41) is 11.0. The summed E-state index contributed by atoms with van der Waals surface area (Å²) >= 11 is 0. The lowest BCUT2D eigenvalue weighted by Gasteiger charge is -2.28. The molecule has 0 unspecified atom stereocenters. The average molecular weight is 386 g/mol. The third kappa shape index (κ3) is 4.20. The largest absolute Gasteiger partial charge is 0.493 e. The van der Waals surface area contributed by atoms with Gasteiger partial charge < -0.3 is 14.2 Å². The van der Waals surface area contributed by atoms with Crippen LogP contribution in [-0.4, -0.2) is 36.6 Å². The summed E-state index contributed by atoms with van der Waals surface area (Å²) in [5.41, 5.74) is 0.653. The molecule has 9 heteroatoms. The molecule has 0 radical (unpaired) electrons. The Morgan fingerprint density at radius 2 is 2.07 bits per heavy atom. The SMILES string of the molecule is CCOc1ccccc1COC(=O)CN1C(=O)COc2ccc([N+](=O)[O-])cc21. The molecule has 0 spiro atoms. The first-order valence-corrected chi connectivity index (χ1v) is 8.57. The van der Waals surface area contributed by atoms with Crippen LogP contribution in [0, 0.1) is 10.1 Å². The van der Waals surface area contributed by atoms with Crippen LogP contribution in [-0.2, 0) is 20.9 Å². The quantitative estimate of drug-likeness (QED) is 0.408. The number of hydrogen-bond acceptors (Lipinski definition) is 7. The van der Waals surface area contributed by atoms with E-state index in [0.717, 1.165) is 4.90 Å². The van der Waals surface area contributed by atoms with Crippen molar-refractivity contribution in [3.8, 4) is 11.5 Å². The normalized spacial score (nSPS) is 12.8. The van der Waals surface area contributed by atoms with Gasteiger partial charge in [0.25, 0.3) is 11.6 Å². The summed E-state index contributed by atoms with van der Waals surface area (Å²) < 4.78 is 16.0. The fourth-order valence-corrected chi connectivity index (χ4v) is 2.73. The van der Waals surface area contributed by atoms with Gasteiger partial charge in [0, 0.05) is 17.7 Å². The predicted molar refractivity (Wildman–Crippen MR) is 98.4 cm³/mol. The number of anilines is 1. The van der Waals surface area contributed by atoms with Crippen LogP contribution in [0.1, 0.15) is 12.5 Å². The van der Waals surface area contributed by atoms with E-state index >= 15 is 0 Å². The van der Waals surface area contributed by atoms with Gasteiger partial charge >= 0.3 is 5.97 Å². The number of para-hydroxylation sites is 1. The molecule has 1 aliphatic heterocycles. The van der Waals surface area contributed by atoms with Gasteiger partial charge in [-0.05, 0) is 19.1 Å². The molecule has 9 nitrogen and oxygen atoms in total. The van der Waals surface area contributed by atoms with Crippen LogP contribution >= 0.6 is 0 Å². The van der Waals surface area contributed by atoms with Crippen molar-refractivity contribution >= 4 is 23.3 Å². The molecule has 1 heterocycles. The standard InChI is InChI=1S/C19H18N2O7/c1-2-26-16-6-4-3-5-13(16)11-28-19(23)10-20-15-9-14(21(24)25)7-8-17(15)27-12-18(20)22/h3-9H,2,10-12H2,1H3. The second kappa shape index (κ2) is 8.38. The number of fused-ring (bicyclic) bond motifs is 1. The molecule has 146 valence electrons. The molecular weight excluding hydrogens is 368 g/mol. The minimum atomic E-state index is -0.654. The fourth-order valence-electron chi connectivity index (χ4n) is 2.73. The van der Waals surface area contributed by atoms with Crippen LogP contribution < -0.4 is 14.4 Å². The second-order valence-corrected chi connectivity index (χ2v) is 5.88. The number of nitro groups is 1. The van der Waals surface area contributed by atoms with Crippen molar-refractivity contribution < 1.29 is 28.7 Å². The monoisotopic (exact) mass is 386 g/mol. The summed E-state index contributed by atoms with van der Waals surface area (Å²) in [6.45, 7) is 1.67. The van der Waals surface area contributed by atoms with Crippen LogP contribution in [0.2, 0.25) is 0 Å².